The van der Waals surface area contributed by atoms with Gasteiger partial charge in [-0.1, -0.05) is 0 Å². The van der Waals surface area contributed by atoms with E-state index in [1.54, 1.807) is 12.3 Å². The van der Waals surface area contributed by atoms with Crippen LogP contribution >= 0.6 is 12.4 Å². The zero-order valence-electron chi connectivity index (χ0n) is 11.3. The number of hydrogen-bond acceptors (Lipinski definition) is 5. The van der Waals surface area contributed by atoms with Crippen molar-refractivity contribution in [1.82, 2.24) is 15.2 Å². The molecule has 0 fully saturated rings. The molecule has 1 amide bonds. The minimum absolute atomic E-state index is 0. The molecule has 0 aliphatic heterocycles. The van der Waals surface area contributed by atoms with Gasteiger partial charge in [0.25, 0.3) is 5.91 Å². The Balaban J connectivity index is 0.00000324. The fourth-order valence-electron chi connectivity index (χ4n) is 1.28. The van der Waals surface area contributed by atoms with Gasteiger partial charge in [-0.3, -0.25) is 9.78 Å². The molecule has 108 valence electrons. The standard InChI is InChI=1S/C12H20N4O2.ClH/c1-16(2)6-8-18-7-5-15-12(17)10-9-14-4-3-11(10)13;/h3-4,9H,5-8H2,1-2H3,(H2,13,14)(H,15,17);1H. The molecule has 6 nitrogen and oxygen atoms in total. The zero-order chi connectivity index (χ0) is 13.4. The van der Waals surface area contributed by atoms with Crippen molar-refractivity contribution in [2.24, 2.45) is 0 Å². The largest absolute Gasteiger partial charge is 0.398 e. The van der Waals surface area contributed by atoms with Crippen molar-refractivity contribution < 1.29 is 9.53 Å². The van der Waals surface area contributed by atoms with Crippen molar-refractivity contribution in [3.63, 3.8) is 0 Å². The van der Waals surface area contributed by atoms with E-state index in [9.17, 15) is 4.79 Å². The first-order valence-corrected chi connectivity index (χ1v) is 5.81. The number of carbonyl (C=O) groups excluding carboxylic acids is 1. The van der Waals surface area contributed by atoms with Gasteiger partial charge in [0, 0.05) is 31.2 Å². The van der Waals surface area contributed by atoms with E-state index < -0.39 is 0 Å². The van der Waals surface area contributed by atoms with Crippen molar-refractivity contribution in [3.05, 3.63) is 24.0 Å². The van der Waals surface area contributed by atoms with E-state index in [0.717, 1.165) is 6.54 Å². The molecule has 0 saturated heterocycles. The molecule has 0 aromatic carbocycles. The topological polar surface area (TPSA) is 80.5 Å². The van der Waals surface area contributed by atoms with Crippen LogP contribution in [0.2, 0.25) is 0 Å². The van der Waals surface area contributed by atoms with Crippen molar-refractivity contribution in [1.29, 1.82) is 0 Å². The first-order chi connectivity index (χ1) is 8.61. The second kappa shape index (κ2) is 9.55. The molecule has 0 atom stereocenters. The van der Waals surface area contributed by atoms with E-state index >= 15 is 0 Å². The van der Waals surface area contributed by atoms with Crippen LogP contribution in [0.4, 0.5) is 5.69 Å². The van der Waals surface area contributed by atoms with Gasteiger partial charge in [-0.05, 0) is 20.2 Å². The second-order valence-corrected chi connectivity index (χ2v) is 4.13. The van der Waals surface area contributed by atoms with E-state index in [4.69, 9.17) is 10.5 Å². The number of hydrogen-bond donors (Lipinski definition) is 2. The SMILES string of the molecule is CN(C)CCOCCNC(=O)c1cnccc1N.Cl. The van der Waals surface area contributed by atoms with Gasteiger partial charge in [0.1, 0.15) is 0 Å². The number of likely N-dealkylation sites (N-methyl/N-ethyl adjacent to an activating group) is 1. The van der Waals surface area contributed by atoms with Crippen LogP contribution < -0.4 is 11.1 Å². The van der Waals surface area contributed by atoms with Crippen LogP contribution in [0.5, 0.6) is 0 Å². The Bertz CT molecular complexity index is 388. The molecule has 0 unspecified atom stereocenters. The Morgan fingerprint density at radius 2 is 2.21 bits per heavy atom. The molecule has 1 rings (SSSR count). The number of amides is 1. The molecular formula is C12H21ClN4O2. The van der Waals surface area contributed by atoms with E-state index in [0.29, 0.717) is 31.0 Å². The molecule has 0 bridgehead atoms. The summed E-state index contributed by atoms with van der Waals surface area (Å²) in [5.74, 6) is -0.225. The zero-order valence-corrected chi connectivity index (χ0v) is 12.1. The van der Waals surface area contributed by atoms with Crippen molar-refractivity contribution in [2.75, 3.05) is 46.1 Å². The summed E-state index contributed by atoms with van der Waals surface area (Å²) < 4.78 is 5.36. The van der Waals surface area contributed by atoms with Crippen LogP contribution in [0.1, 0.15) is 10.4 Å². The first-order valence-electron chi connectivity index (χ1n) is 5.81. The molecule has 0 aliphatic rings. The van der Waals surface area contributed by atoms with Crippen molar-refractivity contribution in [3.8, 4) is 0 Å². The summed E-state index contributed by atoms with van der Waals surface area (Å²) in [6, 6.07) is 1.60. The average molecular weight is 289 g/mol. The third kappa shape index (κ3) is 6.95. The summed E-state index contributed by atoms with van der Waals surface area (Å²) in [5, 5.41) is 2.73. The van der Waals surface area contributed by atoms with E-state index in [-0.39, 0.29) is 18.3 Å². The maximum absolute atomic E-state index is 11.7. The number of carbonyl (C=O) groups is 1. The Morgan fingerprint density at radius 3 is 2.84 bits per heavy atom. The predicted molar refractivity (Wildman–Crippen MR) is 77.6 cm³/mol. The van der Waals surface area contributed by atoms with Gasteiger partial charge in [-0.15, -0.1) is 12.4 Å². The molecule has 1 aromatic heterocycles. The number of nitrogens with zero attached hydrogens (tertiary/aromatic N) is 2. The number of ether oxygens (including phenoxy) is 1. The van der Waals surface area contributed by atoms with Crippen molar-refractivity contribution in [2.45, 2.75) is 0 Å². The number of halogens is 1. The number of nitrogens with one attached hydrogen (secondary N) is 1. The normalized spacial score (nSPS) is 10.1. The van der Waals surface area contributed by atoms with Crippen LogP contribution in [0.3, 0.4) is 0 Å². The van der Waals surface area contributed by atoms with Crippen LogP contribution in [0.25, 0.3) is 0 Å². The lowest BCUT2D eigenvalue weighted by Gasteiger charge is -2.10. The molecular weight excluding hydrogens is 268 g/mol. The quantitative estimate of drug-likeness (QED) is 0.710. The highest BCUT2D eigenvalue weighted by molar-refractivity contribution is 5.98. The summed E-state index contributed by atoms with van der Waals surface area (Å²) in [4.78, 5) is 17.6. The van der Waals surface area contributed by atoms with E-state index in [1.807, 2.05) is 19.0 Å². The summed E-state index contributed by atoms with van der Waals surface area (Å²) in [6.07, 6.45) is 3.01. The highest BCUT2D eigenvalue weighted by Gasteiger charge is 2.08. The molecule has 7 heteroatoms. The van der Waals surface area contributed by atoms with Gasteiger partial charge in [-0.25, -0.2) is 0 Å². The predicted octanol–water partition coefficient (Wildman–Crippen LogP) is 0.394. The Labute approximate surface area is 119 Å². The van der Waals surface area contributed by atoms with E-state index in [2.05, 4.69) is 10.3 Å². The lowest BCUT2D eigenvalue weighted by Crippen LogP contribution is -2.29. The van der Waals surface area contributed by atoms with Gasteiger partial charge >= 0.3 is 0 Å². The van der Waals surface area contributed by atoms with E-state index in [1.165, 1.54) is 6.20 Å². The molecule has 0 radical (unpaired) electrons. The van der Waals surface area contributed by atoms with Gasteiger partial charge in [0.2, 0.25) is 0 Å². The molecule has 19 heavy (non-hydrogen) atoms. The summed E-state index contributed by atoms with van der Waals surface area (Å²) >= 11 is 0. The number of nitrogen functional groups attached to an aromatic ring is 1. The fraction of sp³-hybridized carbons (Fsp3) is 0.500. The average Bonchev–Trinajstić information content (AvgIpc) is 2.33. The Morgan fingerprint density at radius 1 is 1.47 bits per heavy atom. The maximum atomic E-state index is 11.7. The van der Waals surface area contributed by atoms with Crippen LogP contribution in [-0.4, -0.2) is 56.2 Å². The van der Waals surface area contributed by atoms with Gasteiger partial charge in [-0.2, -0.15) is 0 Å². The van der Waals surface area contributed by atoms with Crippen molar-refractivity contribution >= 4 is 24.0 Å². The highest BCUT2D eigenvalue weighted by Crippen LogP contribution is 2.07. The number of rotatable bonds is 7. The van der Waals surface area contributed by atoms with Gasteiger partial charge in [0.15, 0.2) is 0 Å². The maximum Gasteiger partial charge on any atom is 0.255 e. The summed E-state index contributed by atoms with van der Waals surface area (Å²) in [7, 11) is 3.96. The highest BCUT2D eigenvalue weighted by atomic mass is 35.5. The number of anilines is 1. The molecule has 0 spiro atoms. The number of pyridine rings is 1. The lowest BCUT2D eigenvalue weighted by atomic mass is 10.2. The monoisotopic (exact) mass is 288 g/mol. The summed E-state index contributed by atoms with van der Waals surface area (Å²) in [6.45, 7) is 2.46. The smallest absolute Gasteiger partial charge is 0.255 e. The summed E-state index contributed by atoms with van der Waals surface area (Å²) in [5.41, 5.74) is 6.49. The molecule has 1 heterocycles. The Kier molecular flexibility index (Phi) is 8.86. The second-order valence-electron chi connectivity index (χ2n) is 4.13. The van der Waals surface area contributed by atoms with Crippen LogP contribution in [0, 0.1) is 0 Å². The Hall–Kier alpha value is -1.37. The third-order valence-corrected chi connectivity index (χ3v) is 2.31. The first kappa shape index (κ1) is 17.6. The molecule has 1 aromatic rings. The van der Waals surface area contributed by atoms with Gasteiger partial charge in [0.05, 0.1) is 18.8 Å². The molecule has 0 saturated carbocycles. The minimum Gasteiger partial charge on any atom is -0.398 e. The van der Waals surface area contributed by atoms with Crippen LogP contribution in [0.15, 0.2) is 18.5 Å². The lowest BCUT2D eigenvalue weighted by molar-refractivity contribution is 0.0900. The minimum atomic E-state index is -0.225. The van der Waals surface area contributed by atoms with Gasteiger partial charge < -0.3 is 20.7 Å². The fourth-order valence-corrected chi connectivity index (χ4v) is 1.28. The number of aromatic nitrogens is 1. The number of nitrogens with two attached hydrogens (primary N) is 1. The molecule has 0 aliphatic carbocycles. The molecule has 3 N–H and O–H groups in total. The third-order valence-electron chi connectivity index (χ3n) is 2.31. The van der Waals surface area contributed by atoms with Crippen LogP contribution in [-0.2, 0) is 4.74 Å².